The maximum Gasteiger partial charge on any atom is 0.255 e. The summed E-state index contributed by atoms with van der Waals surface area (Å²) < 4.78 is 10.9. The third-order valence-corrected chi connectivity index (χ3v) is 9.57. The number of nitrogens with one attached hydrogen (secondary N) is 3. The highest BCUT2D eigenvalue weighted by atomic mass is 35.5. The molecule has 1 aromatic carbocycles. The van der Waals surface area contributed by atoms with Gasteiger partial charge in [0.1, 0.15) is 5.54 Å². The predicted octanol–water partition coefficient (Wildman–Crippen LogP) is 4.00. The molecule has 11 heteroatoms. The molecule has 5 aliphatic rings. The zero-order valence-corrected chi connectivity index (χ0v) is 26.0. The highest BCUT2D eigenvalue weighted by Gasteiger charge is 2.56. The summed E-state index contributed by atoms with van der Waals surface area (Å²) in [5.41, 5.74) is 4.37. The van der Waals surface area contributed by atoms with Gasteiger partial charge in [-0.05, 0) is 37.0 Å². The standard InChI is InChI=1S/C34H35ClN6O4/c1-44-23-19-40(20-23)14-4-7-28(42)41-18-21-15-34(41,16-21)11-8-22-17-36-12-9-24(22)30-31(29-26(38-30)10-13-37-33(29)43)39-27-6-3-5-25(35)32(27)45-2/h3-7,9,12,17,21,23,38-39H,10,13-16,18-20H2,1-2H3,(H,37,43)/b7-4+. The van der Waals surface area contributed by atoms with Crippen LogP contribution in [0.25, 0.3) is 11.3 Å². The predicted molar refractivity (Wildman–Crippen MR) is 172 cm³/mol. The molecule has 1 aliphatic carbocycles. The first kappa shape index (κ1) is 29.4. The monoisotopic (exact) mass is 626 g/mol. The number of rotatable bonds is 8. The van der Waals surface area contributed by atoms with Gasteiger partial charge in [0.15, 0.2) is 5.75 Å². The highest BCUT2D eigenvalue weighted by Crippen LogP contribution is 2.50. The van der Waals surface area contributed by atoms with Crippen molar-refractivity contribution in [2.24, 2.45) is 5.92 Å². The number of carbonyl (C=O) groups excluding carboxylic acids is 2. The van der Waals surface area contributed by atoms with Gasteiger partial charge in [0, 0.05) is 76.0 Å². The number of fused-ring (bicyclic) bond motifs is 2. The Morgan fingerprint density at radius 1 is 1.24 bits per heavy atom. The number of aromatic nitrogens is 2. The molecule has 0 spiro atoms. The van der Waals surface area contributed by atoms with Crippen LogP contribution in [0.4, 0.5) is 11.4 Å². The van der Waals surface area contributed by atoms with Crippen molar-refractivity contribution < 1.29 is 19.1 Å². The van der Waals surface area contributed by atoms with Gasteiger partial charge < -0.3 is 30.0 Å². The smallest absolute Gasteiger partial charge is 0.255 e. The molecule has 0 radical (unpaired) electrons. The van der Waals surface area contributed by atoms with Gasteiger partial charge in [-0.1, -0.05) is 35.6 Å². The number of likely N-dealkylation sites (tertiary alicyclic amines) is 1. The van der Waals surface area contributed by atoms with Crippen LogP contribution < -0.4 is 15.4 Å². The molecule has 2 amide bonds. The number of methoxy groups -OCH3 is 2. The number of nitrogens with zero attached hydrogens (tertiary/aromatic N) is 3. The van der Waals surface area contributed by atoms with Gasteiger partial charge in [0.05, 0.1) is 46.4 Å². The number of H-pyrrole nitrogens is 1. The van der Waals surface area contributed by atoms with Gasteiger partial charge in [-0.25, -0.2) is 0 Å². The molecule has 3 saturated heterocycles. The number of benzene rings is 1. The fourth-order valence-corrected chi connectivity index (χ4v) is 7.16. The quantitative estimate of drug-likeness (QED) is 0.256. The minimum atomic E-state index is -0.485. The number of anilines is 2. The van der Waals surface area contributed by atoms with Crippen LogP contribution in [-0.2, 0) is 16.0 Å². The second-order valence-corrected chi connectivity index (χ2v) is 12.5. The molecule has 45 heavy (non-hydrogen) atoms. The summed E-state index contributed by atoms with van der Waals surface area (Å²) in [7, 11) is 3.29. The lowest BCUT2D eigenvalue weighted by Gasteiger charge is -2.38. The summed E-state index contributed by atoms with van der Waals surface area (Å²) in [6.45, 7) is 3.78. The van der Waals surface area contributed by atoms with E-state index in [2.05, 4.69) is 37.3 Å². The molecule has 1 saturated carbocycles. The van der Waals surface area contributed by atoms with Crippen LogP contribution in [0.5, 0.6) is 5.75 Å². The molecule has 2 aromatic heterocycles. The molecule has 3 aromatic rings. The Morgan fingerprint density at radius 3 is 2.89 bits per heavy atom. The van der Waals surface area contributed by atoms with Crippen molar-refractivity contribution in [1.29, 1.82) is 0 Å². The van der Waals surface area contributed by atoms with E-state index in [9.17, 15) is 9.59 Å². The zero-order valence-electron chi connectivity index (χ0n) is 25.3. The van der Waals surface area contributed by atoms with Crippen LogP contribution in [0.15, 0.2) is 48.8 Å². The van der Waals surface area contributed by atoms with Crippen molar-refractivity contribution >= 4 is 34.8 Å². The number of ether oxygens (including phenoxy) is 2. The lowest BCUT2D eigenvalue weighted by Crippen LogP contribution is -2.51. The minimum Gasteiger partial charge on any atom is -0.493 e. The second-order valence-electron chi connectivity index (χ2n) is 12.1. The van der Waals surface area contributed by atoms with Gasteiger partial charge in [-0.2, -0.15) is 0 Å². The van der Waals surface area contributed by atoms with Crippen LogP contribution in [0.2, 0.25) is 5.02 Å². The van der Waals surface area contributed by atoms with Crippen molar-refractivity contribution in [2.75, 3.05) is 52.3 Å². The molecule has 232 valence electrons. The lowest BCUT2D eigenvalue weighted by molar-refractivity contribution is -0.127. The van der Waals surface area contributed by atoms with E-state index in [4.69, 9.17) is 21.1 Å². The third kappa shape index (κ3) is 5.35. The summed E-state index contributed by atoms with van der Waals surface area (Å²) in [4.78, 5) is 38.5. The average molecular weight is 627 g/mol. The number of amides is 2. The van der Waals surface area contributed by atoms with E-state index in [-0.39, 0.29) is 17.9 Å². The zero-order chi connectivity index (χ0) is 31.1. The Bertz CT molecular complexity index is 1740. The van der Waals surface area contributed by atoms with Crippen LogP contribution in [0.1, 0.15) is 34.5 Å². The summed E-state index contributed by atoms with van der Waals surface area (Å²) in [5, 5.41) is 6.84. The number of pyridine rings is 1. The summed E-state index contributed by atoms with van der Waals surface area (Å²) in [5.74, 6) is 7.67. The Morgan fingerprint density at radius 2 is 2.09 bits per heavy atom. The van der Waals surface area contributed by atoms with Crippen molar-refractivity contribution in [3.8, 4) is 28.8 Å². The van der Waals surface area contributed by atoms with E-state index in [1.165, 1.54) is 0 Å². The van der Waals surface area contributed by atoms with E-state index < -0.39 is 5.54 Å². The molecule has 2 bridgehead atoms. The fourth-order valence-electron chi connectivity index (χ4n) is 6.91. The minimum absolute atomic E-state index is 0.00420. The van der Waals surface area contributed by atoms with E-state index in [1.807, 2.05) is 29.2 Å². The van der Waals surface area contributed by atoms with Crippen LogP contribution >= 0.6 is 11.6 Å². The second kappa shape index (κ2) is 11.9. The van der Waals surface area contributed by atoms with Gasteiger partial charge in [-0.15, -0.1) is 0 Å². The molecular formula is C34H35ClN6O4. The lowest BCUT2D eigenvalue weighted by atomic mass is 9.73. The maximum absolute atomic E-state index is 13.3. The van der Waals surface area contributed by atoms with Crippen molar-refractivity contribution in [3.05, 3.63) is 70.7 Å². The molecule has 8 rings (SSSR count). The summed E-state index contributed by atoms with van der Waals surface area (Å²) >= 11 is 6.42. The number of hydrogen-bond acceptors (Lipinski definition) is 7. The molecular weight excluding hydrogens is 592 g/mol. The molecule has 4 fully saturated rings. The topological polar surface area (TPSA) is 112 Å². The van der Waals surface area contributed by atoms with Crippen molar-refractivity contribution in [3.63, 3.8) is 0 Å². The largest absolute Gasteiger partial charge is 0.493 e. The van der Waals surface area contributed by atoms with Crippen LogP contribution in [0.3, 0.4) is 0 Å². The number of carbonyl (C=O) groups is 2. The molecule has 3 N–H and O–H groups in total. The molecule has 0 unspecified atom stereocenters. The van der Waals surface area contributed by atoms with E-state index in [1.54, 1.807) is 38.8 Å². The highest BCUT2D eigenvalue weighted by molar-refractivity contribution is 6.32. The third-order valence-electron chi connectivity index (χ3n) is 9.27. The molecule has 10 nitrogen and oxygen atoms in total. The number of halogens is 1. The van der Waals surface area contributed by atoms with Gasteiger partial charge >= 0.3 is 0 Å². The Hall–Kier alpha value is -4.30. The van der Waals surface area contributed by atoms with Crippen molar-refractivity contribution in [2.45, 2.75) is 30.9 Å². The fraction of sp³-hybridized carbons (Fsp3) is 0.382. The SMILES string of the molecule is COc1c(Cl)cccc1Nc1c(-c2ccncc2C#CC23CC(CN2C(=O)/C=C/CN2CC(OC)C2)C3)[nH]c2c1C(=O)NCC2. The Labute approximate surface area is 267 Å². The Balaban J connectivity index is 1.19. The number of hydrogen-bond donors (Lipinski definition) is 3. The first-order chi connectivity index (χ1) is 21.9. The summed E-state index contributed by atoms with van der Waals surface area (Å²) in [6.07, 6.45) is 9.77. The first-order valence-electron chi connectivity index (χ1n) is 15.2. The van der Waals surface area contributed by atoms with E-state index in [0.29, 0.717) is 52.2 Å². The number of aromatic amines is 1. The number of para-hydroxylation sites is 1. The van der Waals surface area contributed by atoms with E-state index in [0.717, 1.165) is 56.0 Å². The van der Waals surface area contributed by atoms with Gasteiger partial charge in [0.2, 0.25) is 5.91 Å². The van der Waals surface area contributed by atoms with Gasteiger partial charge in [0.25, 0.3) is 5.91 Å². The average Bonchev–Trinajstić information content (AvgIpc) is 3.68. The molecule has 0 atom stereocenters. The maximum atomic E-state index is 13.3. The van der Waals surface area contributed by atoms with Crippen molar-refractivity contribution in [1.82, 2.24) is 25.1 Å². The van der Waals surface area contributed by atoms with E-state index >= 15 is 0 Å². The van der Waals surface area contributed by atoms with Crippen LogP contribution in [0, 0.1) is 17.8 Å². The summed E-state index contributed by atoms with van der Waals surface area (Å²) in [6, 6.07) is 7.33. The Kier molecular flexibility index (Phi) is 7.78. The first-order valence-corrected chi connectivity index (χ1v) is 15.6. The van der Waals surface area contributed by atoms with Gasteiger partial charge in [-0.3, -0.25) is 19.5 Å². The van der Waals surface area contributed by atoms with Crippen LogP contribution in [-0.4, -0.2) is 90.2 Å². The normalized spacial score (nSPS) is 22.2. The molecule has 6 heterocycles. The molecule has 4 aliphatic heterocycles.